The van der Waals surface area contributed by atoms with Crippen LogP contribution in [0.5, 0.6) is 11.5 Å². The van der Waals surface area contributed by atoms with Crippen molar-refractivity contribution >= 4 is 50.0 Å². The number of carbonyl (C=O) groups excluding carboxylic acids is 1. The van der Waals surface area contributed by atoms with E-state index in [-0.39, 0.29) is 42.2 Å². The fourth-order valence-corrected chi connectivity index (χ4v) is 5.45. The van der Waals surface area contributed by atoms with Crippen molar-refractivity contribution in [3.63, 3.8) is 0 Å². The van der Waals surface area contributed by atoms with Crippen molar-refractivity contribution in [1.29, 1.82) is 0 Å². The highest BCUT2D eigenvalue weighted by Gasteiger charge is 2.20. The first-order chi connectivity index (χ1) is 20.7. The maximum Gasteiger partial charge on any atom is 0.263 e. The van der Waals surface area contributed by atoms with E-state index < -0.39 is 10.0 Å². The average Bonchev–Trinajstić information content (AvgIpc) is 2.97. The molecule has 0 aliphatic heterocycles. The number of likely N-dealkylation sites (N-methyl/N-ethyl adjacent to an activating group) is 1. The van der Waals surface area contributed by atoms with Crippen molar-refractivity contribution in [2.75, 3.05) is 36.1 Å². The molecule has 1 aromatic heterocycles. The number of methoxy groups -OCH3 is 1. The molecule has 5 rings (SSSR count). The number of sulfonamides is 1. The first-order valence-electron chi connectivity index (χ1n) is 13.3. The lowest BCUT2D eigenvalue weighted by molar-refractivity contribution is -0.117. The van der Waals surface area contributed by atoms with Crippen LogP contribution in [0.15, 0.2) is 102 Å². The van der Waals surface area contributed by atoms with E-state index in [4.69, 9.17) is 4.74 Å². The summed E-state index contributed by atoms with van der Waals surface area (Å²) >= 11 is 0. The van der Waals surface area contributed by atoms with Gasteiger partial charge in [0.1, 0.15) is 11.5 Å². The number of ether oxygens (including phenoxy) is 1. The Labute approximate surface area is 256 Å². The van der Waals surface area contributed by atoms with Crippen molar-refractivity contribution in [3.8, 4) is 11.5 Å². The van der Waals surface area contributed by atoms with Crippen LogP contribution in [0.25, 0.3) is 11.0 Å². The first-order valence-corrected chi connectivity index (χ1v) is 14.7. The number of nitrogens with one attached hydrogen (secondary N) is 3. The predicted molar refractivity (Wildman–Crippen MR) is 173 cm³/mol. The summed E-state index contributed by atoms with van der Waals surface area (Å²) in [7, 11) is -0.869. The topological polar surface area (TPSA) is 146 Å². The van der Waals surface area contributed by atoms with Crippen LogP contribution >= 0.6 is 0 Å². The first kappa shape index (κ1) is 31.7. The maximum atomic E-state index is 13.5. The molecule has 11 nitrogen and oxygen atoms in total. The summed E-state index contributed by atoms with van der Waals surface area (Å²) in [6.07, 6.45) is 0. The highest BCUT2D eigenvalue weighted by molar-refractivity contribution is 7.92. The summed E-state index contributed by atoms with van der Waals surface area (Å²) in [5.74, 6) is 0.111. The minimum absolute atomic E-state index is 0. The maximum absolute atomic E-state index is 13.5. The molecule has 4 aromatic carbocycles. The molecule has 0 fully saturated rings. The van der Waals surface area contributed by atoms with Gasteiger partial charge in [-0.3, -0.25) is 14.4 Å². The molecule has 0 aliphatic rings. The minimum atomic E-state index is -4.17. The fraction of sp³-hybridized carbons (Fsp3) is 0.156. The molecule has 4 N–H and O–H groups in total. The molecule has 0 spiro atoms. The molecule has 5 aromatic rings. The largest absolute Gasteiger partial charge is 0.508 e. The normalized spacial score (nSPS) is 11.1. The van der Waals surface area contributed by atoms with Gasteiger partial charge in [0.05, 0.1) is 29.6 Å². The van der Waals surface area contributed by atoms with E-state index >= 15 is 0 Å². The van der Waals surface area contributed by atoms with E-state index in [0.29, 0.717) is 34.7 Å². The number of fused-ring (bicyclic) bond motifs is 1. The van der Waals surface area contributed by atoms with Gasteiger partial charge in [-0.1, -0.05) is 56.0 Å². The second-order valence-corrected chi connectivity index (χ2v) is 11.5. The van der Waals surface area contributed by atoms with Crippen LogP contribution in [0.1, 0.15) is 13.0 Å². The van der Waals surface area contributed by atoms with Crippen LogP contribution in [-0.4, -0.2) is 55.0 Å². The number of aromatic nitrogens is 2. The van der Waals surface area contributed by atoms with E-state index in [1.54, 1.807) is 42.5 Å². The van der Waals surface area contributed by atoms with Gasteiger partial charge in [0, 0.05) is 36.1 Å². The molecule has 0 bridgehead atoms. The molecule has 228 valence electrons. The number of amides is 1. The Morgan fingerprint density at radius 1 is 0.864 bits per heavy atom. The number of nitrogens with zero attached hydrogens (tertiary/aromatic N) is 3. The molecule has 1 amide bonds. The zero-order valence-corrected chi connectivity index (χ0v) is 24.3. The van der Waals surface area contributed by atoms with Crippen molar-refractivity contribution in [2.24, 2.45) is 0 Å². The van der Waals surface area contributed by atoms with E-state index in [1.807, 2.05) is 42.3 Å². The lowest BCUT2D eigenvalue weighted by Gasteiger charge is -2.17. The molecule has 0 saturated carbocycles. The zero-order chi connectivity index (χ0) is 30.4. The number of hydrogen-bond acceptors (Lipinski definition) is 9. The van der Waals surface area contributed by atoms with E-state index in [9.17, 15) is 18.3 Å². The highest BCUT2D eigenvalue weighted by Crippen LogP contribution is 2.31. The molecule has 0 saturated heterocycles. The van der Waals surface area contributed by atoms with Gasteiger partial charge < -0.3 is 20.5 Å². The molecule has 1 heterocycles. The fourth-order valence-electron chi connectivity index (χ4n) is 4.39. The summed E-state index contributed by atoms with van der Waals surface area (Å²) in [5, 5.41) is 15.9. The van der Waals surface area contributed by atoms with Gasteiger partial charge in [-0.25, -0.2) is 18.4 Å². The number of aromatic hydroxyl groups is 1. The summed E-state index contributed by atoms with van der Waals surface area (Å²) in [4.78, 5) is 23.6. The molecule has 12 heteroatoms. The second kappa shape index (κ2) is 13.8. The van der Waals surface area contributed by atoms with Gasteiger partial charge in [0.15, 0.2) is 11.6 Å². The van der Waals surface area contributed by atoms with Gasteiger partial charge >= 0.3 is 0 Å². The number of carbonyl (C=O) groups is 1. The molecule has 0 unspecified atom stereocenters. The molecule has 0 atom stereocenters. The number of anilines is 4. The summed E-state index contributed by atoms with van der Waals surface area (Å²) in [5.41, 5.74) is 2.81. The number of benzene rings is 4. The van der Waals surface area contributed by atoms with Crippen molar-refractivity contribution in [1.82, 2.24) is 14.9 Å². The monoisotopic (exact) mass is 614 g/mol. The third-order valence-corrected chi connectivity index (χ3v) is 7.66. The number of hydrogen-bond donors (Lipinski definition) is 4. The highest BCUT2D eigenvalue weighted by atomic mass is 32.2. The lowest BCUT2D eigenvalue weighted by Crippen LogP contribution is -2.29. The Hall–Kier alpha value is -5.20. The summed E-state index contributed by atoms with van der Waals surface area (Å²) < 4.78 is 34.8. The molecular weight excluding hydrogens is 580 g/mol. The minimum Gasteiger partial charge on any atom is -0.508 e. The van der Waals surface area contributed by atoms with Gasteiger partial charge in [-0.05, 0) is 42.9 Å². The number of rotatable bonds is 11. The van der Waals surface area contributed by atoms with E-state index in [0.717, 1.165) is 5.56 Å². The van der Waals surface area contributed by atoms with Gasteiger partial charge in [0.25, 0.3) is 10.0 Å². The zero-order valence-electron chi connectivity index (χ0n) is 23.5. The Morgan fingerprint density at radius 3 is 2.25 bits per heavy atom. The third kappa shape index (κ3) is 8.00. The van der Waals surface area contributed by atoms with Crippen LogP contribution in [0.4, 0.5) is 23.0 Å². The van der Waals surface area contributed by atoms with Crippen LogP contribution in [-0.2, 0) is 21.4 Å². The molecule has 44 heavy (non-hydrogen) atoms. The van der Waals surface area contributed by atoms with Crippen LogP contribution in [0.2, 0.25) is 0 Å². The van der Waals surface area contributed by atoms with Crippen molar-refractivity contribution < 1.29 is 23.1 Å². The standard InChI is InChI=1S/C31H30N6O5S.CH4/c1-37(19-21-9-4-3-5-10-21)20-29(39)32-22-11-8-12-26(17-22)43(40,41)36-31-30(34-27-13-6-7-14-28(27)35-31)33-23-15-24(38)18-25(16-23)42-2;/h3-18,38H,19-20H2,1-2H3,(H,32,39)(H,33,34)(H,35,36);1H4. The Kier molecular flexibility index (Phi) is 9.99. The smallest absolute Gasteiger partial charge is 0.263 e. The summed E-state index contributed by atoms with van der Waals surface area (Å²) in [6.45, 7) is 0.705. The van der Waals surface area contributed by atoms with Gasteiger partial charge in [0.2, 0.25) is 5.91 Å². The SMILES string of the molecule is C.COc1cc(O)cc(Nc2nc3ccccc3nc2NS(=O)(=O)c2cccc(NC(=O)CN(C)Cc3ccccc3)c2)c1. The quantitative estimate of drug-likeness (QED) is 0.149. The molecule has 0 radical (unpaired) electrons. The second-order valence-electron chi connectivity index (χ2n) is 9.79. The van der Waals surface area contributed by atoms with Gasteiger partial charge in [-0.15, -0.1) is 0 Å². The lowest BCUT2D eigenvalue weighted by atomic mass is 10.2. The predicted octanol–water partition coefficient (Wildman–Crippen LogP) is 5.60. The van der Waals surface area contributed by atoms with Crippen molar-refractivity contribution in [3.05, 3.63) is 103 Å². The van der Waals surface area contributed by atoms with Gasteiger partial charge in [-0.2, -0.15) is 0 Å². The van der Waals surface area contributed by atoms with Crippen LogP contribution in [0.3, 0.4) is 0 Å². The Morgan fingerprint density at radius 2 is 1.55 bits per heavy atom. The Balaban J connectivity index is 0.00000442. The average molecular weight is 615 g/mol. The van der Waals surface area contributed by atoms with Crippen LogP contribution < -0.4 is 20.1 Å². The third-order valence-electron chi connectivity index (χ3n) is 6.33. The van der Waals surface area contributed by atoms with E-state index in [2.05, 4.69) is 25.3 Å². The summed E-state index contributed by atoms with van der Waals surface area (Å²) in [6, 6.07) is 27.3. The molecular formula is C32H34N6O5S. The number of phenols is 1. The number of para-hydroxylation sites is 2. The van der Waals surface area contributed by atoms with Crippen molar-refractivity contribution in [2.45, 2.75) is 18.9 Å². The molecule has 0 aliphatic carbocycles. The van der Waals surface area contributed by atoms with Crippen LogP contribution in [0, 0.1) is 0 Å². The number of phenolic OH excluding ortho intramolecular Hbond substituents is 1. The Bertz CT molecular complexity index is 1870. The van der Waals surface area contributed by atoms with E-state index in [1.165, 1.54) is 31.4 Å².